The maximum Gasteiger partial charge on any atom is 0.141 e. The van der Waals surface area contributed by atoms with Crippen molar-refractivity contribution in [2.75, 3.05) is 13.1 Å². The summed E-state index contributed by atoms with van der Waals surface area (Å²) in [6.45, 7) is 2.00. The summed E-state index contributed by atoms with van der Waals surface area (Å²) in [7, 11) is 0. The van der Waals surface area contributed by atoms with Gasteiger partial charge in [-0.25, -0.2) is 4.39 Å². The van der Waals surface area contributed by atoms with Gasteiger partial charge in [0.05, 0.1) is 5.02 Å². The molecule has 1 aromatic carbocycles. The topological polar surface area (TPSA) is 29.1 Å². The standard InChI is InChI=1S/C14H17ClFNO/c15-13-9-11(1-2-14(13)16)8-12(18)7-10-3-5-17-6-4-10/h1-2,9-10,17H,3-8H2. The van der Waals surface area contributed by atoms with Gasteiger partial charge in [-0.1, -0.05) is 17.7 Å². The van der Waals surface area contributed by atoms with Crippen molar-refractivity contribution in [3.8, 4) is 0 Å². The number of benzene rings is 1. The zero-order chi connectivity index (χ0) is 13.0. The third kappa shape index (κ3) is 3.79. The number of ketones is 1. The minimum Gasteiger partial charge on any atom is -0.317 e. The molecule has 0 aliphatic carbocycles. The lowest BCUT2D eigenvalue weighted by Crippen LogP contribution is -2.29. The van der Waals surface area contributed by atoms with E-state index in [1.165, 1.54) is 12.1 Å². The van der Waals surface area contributed by atoms with Crippen LogP contribution in [0.15, 0.2) is 18.2 Å². The molecule has 0 atom stereocenters. The van der Waals surface area contributed by atoms with Crippen LogP contribution in [-0.2, 0) is 11.2 Å². The van der Waals surface area contributed by atoms with Gasteiger partial charge in [-0.15, -0.1) is 0 Å². The largest absolute Gasteiger partial charge is 0.317 e. The van der Waals surface area contributed by atoms with Crippen LogP contribution in [0.5, 0.6) is 0 Å². The molecule has 18 heavy (non-hydrogen) atoms. The average molecular weight is 270 g/mol. The van der Waals surface area contributed by atoms with Gasteiger partial charge in [0.2, 0.25) is 0 Å². The first-order chi connectivity index (χ1) is 8.65. The molecule has 1 aliphatic rings. The van der Waals surface area contributed by atoms with E-state index in [9.17, 15) is 9.18 Å². The molecular weight excluding hydrogens is 253 g/mol. The molecule has 1 N–H and O–H groups in total. The minimum absolute atomic E-state index is 0.0853. The van der Waals surface area contributed by atoms with Gasteiger partial charge in [0, 0.05) is 12.8 Å². The van der Waals surface area contributed by atoms with Crippen molar-refractivity contribution in [1.29, 1.82) is 0 Å². The SMILES string of the molecule is O=C(Cc1ccc(F)c(Cl)c1)CC1CCNCC1. The summed E-state index contributed by atoms with van der Waals surface area (Å²) in [5, 5.41) is 3.37. The lowest BCUT2D eigenvalue weighted by atomic mass is 9.91. The molecule has 1 aliphatic heterocycles. The van der Waals surface area contributed by atoms with Gasteiger partial charge < -0.3 is 5.32 Å². The first kappa shape index (κ1) is 13.5. The Morgan fingerprint density at radius 1 is 1.39 bits per heavy atom. The number of hydrogen-bond donors (Lipinski definition) is 1. The molecule has 2 nitrogen and oxygen atoms in total. The monoisotopic (exact) mass is 269 g/mol. The first-order valence-corrected chi connectivity index (χ1v) is 6.69. The number of carbonyl (C=O) groups excluding carboxylic acids is 1. The van der Waals surface area contributed by atoms with Gasteiger partial charge in [0.25, 0.3) is 0 Å². The van der Waals surface area contributed by atoms with E-state index >= 15 is 0 Å². The van der Waals surface area contributed by atoms with Crippen molar-refractivity contribution in [2.45, 2.75) is 25.7 Å². The molecule has 1 fully saturated rings. The maximum atomic E-state index is 13.0. The zero-order valence-electron chi connectivity index (χ0n) is 10.2. The van der Waals surface area contributed by atoms with E-state index in [1.807, 2.05) is 0 Å². The summed E-state index contributed by atoms with van der Waals surface area (Å²) in [6.07, 6.45) is 3.10. The van der Waals surface area contributed by atoms with Gasteiger partial charge in [-0.3, -0.25) is 4.79 Å². The predicted octanol–water partition coefficient (Wildman–Crippen LogP) is 2.98. The Hall–Kier alpha value is -0.930. The number of hydrogen-bond acceptors (Lipinski definition) is 2. The molecule has 0 radical (unpaired) electrons. The lowest BCUT2D eigenvalue weighted by Gasteiger charge is -2.21. The molecule has 98 valence electrons. The van der Waals surface area contributed by atoms with Crippen LogP contribution in [0.1, 0.15) is 24.8 Å². The van der Waals surface area contributed by atoms with Crippen molar-refractivity contribution in [3.05, 3.63) is 34.6 Å². The molecule has 0 saturated carbocycles. The second-order valence-electron chi connectivity index (χ2n) is 4.86. The van der Waals surface area contributed by atoms with Crippen LogP contribution >= 0.6 is 11.6 Å². The molecule has 4 heteroatoms. The van der Waals surface area contributed by atoms with E-state index in [0.29, 0.717) is 18.8 Å². The van der Waals surface area contributed by atoms with Crippen LogP contribution in [0.3, 0.4) is 0 Å². The van der Waals surface area contributed by atoms with Crippen LogP contribution in [0.25, 0.3) is 0 Å². The summed E-state index contributed by atoms with van der Waals surface area (Å²) in [6, 6.07) is 4.48. The fourth-order valence-corrected chi connectivity index (χ4v) is 2.56. The molecule has 1 saturated heterocycles. The number of halogens is 2. The molecule has 0 amide bonds. The van der Waals surface area contributed by atoms with E-state index in [2.05, 4.69) is 5.32 Å². The Morgan fingerprint density at radius 2 is 2.11 bits per heavy atom. The van der Waals surface area contributed by atoms with E-state index in [1.54, 1.807) is 6.07 Å². The molecule has 2 rings (SSSR count). The number of nitrogens with one attached hydrogen (secondary N) is 1. The van der Waals surface area contributed by atoms with E-state index in [0.717, 1.165) is 31.5 Å². The minimum atomic E-state index is -0.439. The summed E-state index contributed by atoms with van der Waals surface area (Å²) in [5.41, 5.74) is 0.792. The Balaban J connectivity index is 1.88. The van der Waals surface area contributed by atoms with Crippen LogP contribution in [0.2, 0.25) is 5.02 Å². The van der Waals surface area contributed by atoms with E-state index in [4.69, 9.17) is 11.6 Å². The Morgan fingerprint density at radius 3 is 2.78 bits per heavy atom. The highest BCUT2D eigenvalue weighted by Crippen LogP contribution is 2.20. The second-order valence-corrected chi connectivity index (χ2v) is 5.27. The van der Waals surface area contributed by atoms with Gasteiger partial charge in [0.15, 0.2) is 0 Å². The number of carbonyl (C=O) groups is 1. The predicted molar refractivity (Wildman–Crippen MR) is 70.3 cm³/mol. The highest BCUT2D eigenvalue weighted by molar-refractivity contribution is 6.30. The Kier molecular flexibility index (Phi) is 4.72. The van der Waals surface area contributed by atoms with Crippen LogP contribution < -0.4 is 5.32 Å². The Labute approximate surface area is 112 Å². The van der Waals surface area contributed by atoms with E-state index in [-0.39, 0.29) is 10.8 Å². The molecule has 0 unspecified atom stereocenters. The second kappa shape index (κ2) is 6.30. The van der Waals surface area contributed by atoms with Gasteiger partial charge in [-0.05, 0) is 49.5 Å². The number of rotatable bonds is 4. The quantitative estimate of drug-likeness (QED) is 0.910. The number of Topliss-reactive ketones (excluding diaryl/α,β-unsaturated/α-hetero) is 1. The van der Waals surface area contributed by atoms with Crippen molar-refractivity contribution in [2.24, 2.45) is 5.92 Å². The fraction of sp³-hybridized carbons (Fsp3) is 0.500. The van der Waals surface area contributed by atoms with Crippen molar-refractivity contribution in [1.82, 2.24) is 5.32 Å². The van der Waals surface area contributed by atoms with Crippen molar-refractivity contribution >= 4 is 17.4 Å². The van der Waals surface area contributed by atoms with Crippen molar-refractivity contribution in [3.63, 3.8) is 0 Å². The summed E-state index contributed by atoms with van der Waals surface area (Å²) in [4.78, 5) is 11.9. The maximum absolute atomic E-state index is 13.0. The van der Waals surface area contributed by atoms with Crippen LogP contribution in [0, 0.1) is 11.7 Å². The Bertz CT molecular complexity index is 430. The summed E-state index contributed by atoms with van der Waals surface area (Å²) >= 11 is 5.69. The molecule has 0 spiro atoms. The summed E-state index contributed by atoms with van der Waals surface area (Å²) in [5.74, 6) is 0.269. The highest BCUT2D eigenvalue weighted by Gasteiger charge is 2.17. The highest BCUT2D eigenvalue weighted by atomic mass is 35.5. The molecule has 0 aromatic heterocycles. The fourth-order valence-electron chi connectivity index (χ4n) is 2.36. The normalized spacial score (nSPS) is 16.8. The zero-order valence-corrected chi connectivity index (χ0v) is 11.0. The van der Waals surface area contributed by atoms with Crippen molar-refractivity contribution < 1.29 is 9.18 Å². The molecule has 1 heterocycles. The molecular formula is C14H17ClFNO. The lowest BCUT2D eigenvalue weighted by molar-refractivity contribution is -0.119. The molecule has 0 bridgehead atoms. The third-order valence-corrected chi connectivity index (χ3v) is 3.65. The summed E-state index contributed by atoms with van der Waals surface area (Å²) < 4.78 is 13.0. The van der Waals surface area contributed by atoms with Crippen LogP contribution in [-0.4, -0.2) is 18.9 Å². The van der Waals surface area contributed by atoms with E-state index < -0.39 is 5.82 Å². The smallest absolute Gasteiger partial charge is 0.141 e. The van der Waals surface area contributed by atoms with Gasteiger partial charge in [0.1, 0.15) is 11.6 Å². The van der Waals surface area contributed by atoms with Crippen LogP contribution in [0.4, 0.5) is 4.39 Å². The third-order valence-electron chi connectivity index (χ3n) is 3.36. The first-order valence-electron chi connectivity index (χ1n) is 6.31. The molecule has 1 aromatic rings. The number of piperidine rings is 1. The average Bonchev–Trinajstić information content (AvgIpc) is 2.35. The van der Waals surface area contributed by atoms with Gasteiger partial charge >= 0.3 is 0 Å². The van der Waals surface area contributed by atoms with Gasteiger partial charge in [-0.2, -0.15) is 0 Å².